The van der Waals surface area contributed by atoms with E-state index in [9.17, 15) is 14.9 Å². The average Bonchev–Trinajstić information content (AvgIpc) is 3.05. The smallest absolute Gasteiger partial charge is 0.339 e. The van der Waals surface area contributed by atoms with Crippen molar-refractivity contribution in [3.05, 3.63) is 32.8 Å². The molecule has 7 nitrogen and oxygen atoms in total. The number of hydrogen-bond donors (Lipinski definition) is 0. The molecule has 1 aromatic rings. The molecule has 0 amide bonds. The maximum Gasteiger partial charge on any atom is 0.339 e. The SMILES string of the molecule is COC(=O)c1cc([N+](=O)[O-])c(N2CCCC(N3CCCC3)CC2)cc1Cl. The number of nitrogens with zero attached hydrogens (tertiary/aromatic N) is 3. The number of halogens is 1. The molecule has 8 heteroatoms. The number of nitro groups is 1. The van der Waals surface area contributed by atoms with Gasteiger partial charge < -0.3 is 14.5 Å². The third kappa shape index (κ3) is 3.94. The summed E-state index contributed by atoms with van der Waals surface area (Å²) in [5.74, 6) is -0.672. The van der Waals surface area contributed by atoms with Gasteiger partial charge in [-0.2, -0.15) is 0 Å². The van der Waals surface area contributed by atoms with Gasteiger partial charge in [-0.05, 0) is 51.3 Å². The Morgan fingerprint density at radius 2 is 1.92 bits per heavy atom. The lowest BCUT2D eigenvalue weighted by molar-refractivity contribution is -0.384. The number of anilines is 1. The Balaban J connectivity index is 1.84. The van der Waals surface area contributed by atoms with Crippen LogP contribution in [0.15, 0.2) is 12.1 Å². The van der Waals surface area contributed by atoms with Gasteiger partial charge in [0.15, 0.2) is 0 Å². The quantitative estimate of drug-likeness (QED) is 0.451. The van der Waals surface area contributed by atoms with Crippen LogP contribution in [0, 0.1) is 10.1 Å². The average molecular weight is 382 g/mol. The maximum absolute atomic E-state index is 11.8. The second-order valence-electron chi connectivity index (χ2n) is 6.88. The lowest BCUT2D eigenvalue weighted by Gasteiger charge is -2.27. The minimum Gasteiger partial charge on any atom is -0.465 e. The van der Waals surface area contributed by atoms with E-state index in [-0.39, 0.29) is 16.3 Å². The fourth-order valence-corrected chi connectivity index (χ4v) is 4.24. The molecule has 2 fully saturated rings. The predicted octanol–water partition coefficient (Wildman–Crippen LogP) is 3.49. The monoisotopic (exact) mass is 381 g/mol. The van der Waals surface area contributed by atoms with Gasteiger partial charge in [0, 0.05) is 25.2 Å². The third-order valence-corrected chi connectivity index (χ3v) is 5.67. The topological polar surface area (TPSA) is 75.9 Å². The highest BCUT2D eigenvalue weighted by atomic mass is 35.5. The third-order valence-electron chi connectivity index (χ3n) is 5.36. The van der Waals surface area contributed by atoms with Crippen molar-refractivity contribution in [3.63, 3.8) is 0 Å². The second kappa shape index (κ2) is 8.22. The lowest BCUT2D eigenvalue weighted by Crippen LogP contribution is -2.34. The van der Waals surface area contributed by atoms with Crippen molar-refractivity contribution in [3.8, 4) is 0 Å². The number of hydrogen-bond acceptors (Lipinski definition) is 6. The number of carbonyl (C=O) groups excluding carboxylic acids is 1. The van der Waals surface area contributed by atoms with Crippen LogP contribution in [0.4, 0.5) is 11.4 Å². The number of methoxy groups -OCH3 is 1. The van der Waals surface area contributed by atoms with Crippen LogP contribution in [0.25, 0.3) is 0 Å². The molecule has 0 spiro atoms. The molecule has 0 aliphatic carbocycles. The van der Waals surface area contributed by atoms with Crippen LogP contribution in [0.2, 0.25) is 5.02 Å². The van der Waals surface area contributed by atoms with Crippen molar-refractivity contribution in [2.24, 2.45) is 0 Å². The van der Waals surface area contributed by atoms with Gasteiger partial charge in [-0.3, -0.25) is 10.1 Å². The van der Waals surface area contributed by atoms with Crippen molar-refractivity contribution < 1.29 is 14.5 Å². The van der Waals surface area contributed by atoms with Gasteiger partial charge in [0.2, 0.25) is 0 Å². The summed E-state index contributed by atoms with van der Waals surface area (Å²) in [7, 11) is 1.23. The number of carbonyl (C=O) groups is 1. The molecule has 2 aliphatic heterocycles. The standard InChI is InChI=1S/C18H24ClN3O4/c1-26-18(23)14-11-17(22(24)25)16(12-15(14)19)21-9-4-5-13(6-10-21)20-7-2-3-8-20/h11-13H,2-10H2,1H3. The fourth-order valence-electron chi connectivity index (χ4n) is 4.01. The van der Waals surface area contributed by atoms with E-state index in [1.54, 1.807) is 0 Å². The Bertz CT molecular complexity index is 691. The zero-order valence-electron chi connectivity index (χ0n) is 14.9. The molecule has 26 heavy (non-hydrogen) atoms. The Hall–Kier alpha value is -1.86. The van der Waals surface area contributed by atoms with Crippen molar-refractivity contribution in [1.82, 2.24) is 4.90 Å². The van der Waals surface area contributed by atoms with Crippen molar-refractivity contribution >= 4 is 28.9 Å². The van der Waals surface area contributed by atoms with Gasteiger partial charge in [-0.15, -0.1) is 0 Å². The van der Waals surface area contributed by atoms with E-state index in [1.165, 1.54) is 32.1 Å². The van der Waals surface area contributed by atoms with Gasteiger partial charge >= 0.3 is 5.97 Å². The number of nitro benzene ring substituents is 1. The zero-order valence-corrected chi connectivity index (χ0v) is 15.7. The van der Waals surface area contributed by atoms with Crippen LogP contribution in [-0.2, 0) is 4.74 Å². The Morgan fingerprint density at radius 1 is 1.19 bits per heavy atom. The van der Waals surface area contributed by atoms with Crippen molar-refractivity contribution in [2.45, 2.75) is 38.1 Å². The van der Waals surface area contributed by atoms with Gasteiger partial charge in [0.25, 0.3) is 5.69 Å². The minimum absolute atomic E-state index is 0.0226. The van der Waals surface area contributed by atoms with E-state index in [1.807, 2.05) is 4.90 Å². The van der Waals surface area contributed by atoms with E-state index >= 15 is 0 Å². The molecule has 0 N–H and O–H groups in total. The first-order valence-corrected chi connectivity index (χ1v) is 9.44. The number of ether oxygens (including phenoxy) is 1. The zero-order chi connectivity index (χ0) is 18.7. The Labute approximate surface area is 158 Å². The highest BCUT2D eigenvalue weighted by Gasteiger charge is 2.29. The molecule has 0 bridgehead atoms. The van der Waals surface area contributed by atoms with Gasteiger partial charge in [-0.25, -0.2) is 4.79 Å². The van der Waals surface area contributed by atoms with Crippen LogP contribution in [0.1, 0.15) is 42.5 Å². The highest BCUT2D eigenvalue weighted by molar-refractivity contribution is 6.34. The van der Waals surface area contributed by atoms with Crippen LogP contribution in [0.5, 0.6) is 0 Å². The summed E-state index contributed by atoms with van der Waals surface area (Å²) in [5.41, 5.74) is 0.401. The number of rotatable bonds is 4. The summed E-state index contributed by atoms with van der Waals surface area (Å²) in [6.07, 6.45) is 5.59. The largest absolute Gasteiger partial charge is 0.465 e. The first-order valence-electron chi connectivity index (χ1n) is 9.06. The Kier molecular flexibility index (Phi) is 5.98. The molecule has 2 saturated heterocycles. The summed E-state index contributed by atoms with van der Waals surface area (Å²) in [6, 6.07) is 3.31. The summed E-state index contributed by atoms with van der Waals surface area (Å²) in [5, 5.41) is 11.8. The Morgan fingerprint density at radius 3 is 2.58 bits per heavy atom. The van der Waals surface area contributed by atoms with E-state index in [0.717, 1.165) is 45.4 Å². The molecule has 2 aliphatic rings. The van der Waals surface area contributed by atoms with E-state index < -0.39 is 10.9 Å². The molecule has 142 valence electrons. The van der Waals surface area contributed by atoms with E-state index in [2.05, 4.69) is 9.64 Å². The molecule has 0 radical (unpaired) electrons. The second-order valence-corrected chi connectivity index (χ2v) is 7.29. The number of benzene rings is 1. The summed E-state index contributed by atoms with van der Waals surface area (Å²) in [6.45, 7) is 3.81. The molecular formula is C18H24ClN3O4. The van der Waals surface area contributed by atoms with E-state index in [4.69, 9.17) is 11.6 Å². The van der Waals surface area contributed by atoms with Gasteiger partial charge in [0.1, 0.15) is 5.69 Å². The molecule has 2 heterocycles. The molecule has 1 unspecified atom stereocenters. The number of likely N-dealkylation sites (tertiary alicyclic amines) is 1. The van der Waals surface area contributed by atoms with Crippen LogP contribution in [0.3, 0.4) is 0 Å². The number of esters is 1. The van der Waals surface area contributed by atoms with Crippen molar-refractivity contribution in [2.75, 3.05) is 38.2 Å². The van der Waals surface area contributed by atoms with Crippen molar-refractivity contribution in [1.29, 1.82) is 0 Å². The fraction of sp³-hybridized carbons (Fsp3) is 0.611. The molecule has 3 rings (SSSR count). The summed E-state index contributed by atoms with van der Waals surface area (Å²) >= 11 is 6.21. The summed E-state index contributed by atoms with van der Waals surface area (Å²) in [4.78, 5) is 27.5. The van der Waals surface area contributed by atoms with Gasteiger partial charge in [0.05, 0.1) is 22.6 Å². The molecule has 0 aromatic heterocycles. The molecular weight excluding hydrogens is 358 g/mol. The molecule has 0 saturated carbocycles. The first kappa shape index (κ1) is 18.9. The molecule has 1 atom stereocenters. The summed E-state index contributed by atoms with van der Waals surface area (Å²) < 4.78 is 4.66. The minimum atomic E-state index is -0.672. The van der Waals surface area contributed by atoms with Crippen LogP contribution >= 0.6 is 11.6 Å². The maximum atomic E-state index is 11.8. The van der Waals surface area contributed by atoms with Crippen LogP contribution in [-0.4, -0.2) is 55.1 Å². The molecule has 1 aromatic carbocycles. The van der Waals surface area contributed by atoms with Gasteiger partial charge in [-0.1, -0.05) is 11.6 Å². The lowest BCUT2D eigenvalue weighted by atomic mass is 10.1. The normalized spacial score (nSPS) is 21.5. The van der Waals surface area contributed by atoms with Crippen LogP contribution < -0.4 is 4.90 Å². The highest BCUT2D eigenvalue weighted by Crippen LogP contribution is 2.36. The van der Waals surface area contributed by atoms with E-state index in [0.29, 0.717) is 11.7 Å². The first-order chi connectivity index (χ1) is 12.5. The predicted molar refractivity (Wildman–Crippen MR) is 100 cm³/mol.